The molecule has 2 heterocycles. The number of nitrogens with zero attached hydrogens (tertiary/aromatic N) is 2. The van der Waals surface area contributed by atoms with Gasteiger partial charge in [-0.2, -0.15) is 0 Å². The van der Waals surface area contributed by atoms with Crippen LogP contribution in [-0.2, 0) is 4.79 Å². The molecule has 2 atom stereocenters. The van der Waals surface area contributed by atoms with Crippen LogP contribution in [0.4, 0.5) is 0 Å². The summed E-state index contributed by atoms with van der Waals surface area (Å²) >= 11 is 0. The quantitative estimate of drug-likeness (QED) is 0.856. The highest BCUT2D eigenvalue weighted by atomic mass is 16.5. The fourth-order valence-electron chi connectivity index (χ4n) is 4.38. The second-order valence-electron chi connectivity index (χ2n) is 8.45. The van der Waals surface area contributed by atoms with Crippen molar-refractivity contribution in [2.75, 3.05) is 40.4 Å². The molecular weight excluding hydrogens is 342 g/mol. The second-order valence-corrected chi connectivity index (χ2v) is 8.45. The molecule has 0 aromatic heterocycles. The summed E-state index contributed by atoms with van der Waals surface area (Å²) in [6, 6.07) is 6.13. The van der Waals surface area contributed by atoms with Gasteiger partial charge >= 0.3 is 0 Å². The average molecular weight is 376 g/mol. The van der Waals surface area contributed by atoms with Gasteiger partial charge in [-0.1, -0.05) is 13.8 Å². The molecule has 2 unspecified atom stereocenters. The van der Waals surface area contributed by atoms with Gasteiger partial charge in [-0.3, -0.25) is 9.69 Å². The van der Waals surface area contributed by atoms with Gasteiger partial charge in [0.15, 0.2) is 0 Å². The number of amides is 1. The normalized spacial score (nSPS) is 25.4. The first kappa shape index (κ1) is 20.0. The third kappa shape index (κ3) is 4.22. The predicted molar refractivity (Wildman–Crippen MR) is 106 cm³/mol. The molecule has 2 saturated heterocycles. The SMILES string of the molecule is COc1ccc(C2CCCN2C(=O)CN2CCC(N)C(C)(C)C2)c(OC)c1. The van der Waals surface area contributed by atoms with Gasteiger partial charge in [0, 0.05) is 37.3 Å². The minimum Gasteiger partial charge on any atom is -0.497 e. The van der Waals surface area contributed by atoms with Crippen molar-refractivity contribution in [1.82, 2.24) is 9.80 Å². The number of piperidine rings is 1. The molecule has 1 amide bonds. The number of likely N-dealkylation sites (tertiary alicyclic amines) is 2. The minimum absolute atomic E-state index is 0.0438. The molecule has 1 aromatic rings. The number of benzene rings is 1. The number of carbonyl (C=O) groups is 1. The van der Waals surface area contributed by atoms with Gasteiger partial charge in [0.2, 0.25) is 5.91 Å². The van der Waals surface area contributed by atoms with Crippen molar-refractivity contribution in [3.63, 3.8) is 0 Å². The highest BCUT2D eigenvalue weighted by Crippen LogP contribution is 2.39. The third-order valence-electron chi connectivity index (χ3n) is 6.12. The number of nitrogens with two attached hydrogens (primary N) is 1. The third-order valence-corrected chi connectivity index (χ3v) is 6.12. The van der Waals surface area contributed by atoms with E-state index >= 15 is 0 Å². The van der Waals surface area contributed by atoms with Gasteiger partial charge in [0.05, 0.1) is 26.8 Å². The number of rotatable bonds is 5. The predicted octanol–water partition coefficient (Wildman–Crippen LogP) is 2.43. The van der Waals surface area contributed by atoms with Crippen LogP contribution in [0.25, 0.3) is 0 Å². The lowest BCUT2D eigenvalue weighted by Crippen LogP contribution is -2.54. The Morgan fingerprint density at radius 2 is 2.00 bits per heavy atom. The molecular formula is C21H33N3O3. The highest BCUT2D eigenvalue weighted by Gasteiger charge is 2.37. The van der Waals surface area contributed by atoms with Crippen molar-refractivity contribution < 1.29 is 14.3 Å². The smallest absolute Gasteiger partial charge is 0.237 e. The number of carbonyl (C=O) groups excluding carboxylic acids is 1. The molecule has 6 nitrogen and oxygen atoms in total. The highest BCUT2D eigenvalue weighted by molar-refractivity contribution is 5.79. The lowest BCUT2D eigenvalue weighted by atomic mass is 9.80. The van der Waals surface area contributed by atoms with E-state index < -0.39 is 0 Å². The second kappa shape index (κ2) is 8.07. The molecule has 0 radical (unpaired) electrons. The zero-order chi connectivity index (χ0) is 19.6. The molecule has 2 fully saturated rings. The maximum atomic E-state index is 13.1. The zero-order valence-corrected chi connectivity index (χ0v) is 17.0. The van der Waals surface area contributed by atoms with E-state index in [1.54, 1.807) is 14.2 Å². The summed E-state index contributed by atoms with van der Waals surface area (Å²) < 4.78 is 10.9. The lowest BCUT2D eigenvalue weighted by Gasteiger charge is -2.43. The summed E-state index contributed by atoms with van der Waals surface area (Å²) in [7, 11) is 3.31. The van der Waals surface area contributed by atoms with Crippen LogP contribution in [0.15, 0.2) is 18.2 Å². The molecule has 0 saturated carbocycles. The standard InChI is InChI=1S/C21H33N3O3/c1-21(2)14-23(11-9-19(21)22)13-20(25)24-10-5-6-17(24)16-8-7-15(26-3)12-18(16)27-4/h7-8,12,17,19H,5-6,9-11,13-14,22H2,1-4H3. The Hall–Kier alpha value is -1.79. The molecule has 0 aliphatic carbocycles. The van der Waals surface area contributed by atoms with Crippen molar-refractivity contribution in [2.24, 2.45) is 11.1 Å². The van der Waals surface area contributed by atoms with Crippen LogP contribution >= 0.6 is 0 Å². The van der Waals surface area contributed by atoms with Crippen LogP contribution in [0.1, 0.15) is 44.7 Å². The first-order valence-electron chi connectivity index (χ1n) is 9.85. The summed E-state index contributed by atoms with van der Waals surface area (Å²) in [5.74, 6) is 1.74. The molecule has 27 heavy (non-hydrogen) atoms. The van der Waals surface area contributed by atoms with Crippen molar-refractivity contribution in [3.05, 3.63) is 23.8 Å². The maximum absolute atomic E-state index is 13.1. The molecule has 2 aliphatic rings. The summed E-state index contributed by atoms with van der Waals surface area (Å²) in [5.41, 5.74) is 7.34. The van der Waals surface area contributed by atoms with Crippen molar-refractivity contribution in [3.8, 4) is 11.5 Å². The Kier molecular flexibility index (Phi) is 5.96. The minimum atomic E-state index is 0.0438. The van der Waals surface area contributed by atoms with Gasteiger partial charge in [-0.15, -0.1) is 0 Å². The Morgan fingerprint density at radius 3 is 2.67 bits per heavy atom. The molecule has 0 spiro atoms. The van der Waals surface area contributed by atoms with Crippen molar-refractivity contribution in [1.29, 1.82) is 0 Å². The number of methoxy groups -OCH3 is 2. The number of hydrogen-bond acceptors (Lipinski definition) is 5. The largest absolute Gasteiger partial charge is 0.497 e. The van der Waals surface area contributed by atoms with E-state index in [-0.39, 0.29) is 23.4 Å². The van der Waals surface area contributed by atoms with Crippen LogP contribution in [0.5, 0.6) is 11.5 Å². The van der Waals surface area contributed by atoms with Crippen molar-refractivity contribution >= 4 is 5.91 Å². The molecule has 2 N–H and O–H groups in total. The zero-order valence-electron chi connectivity index (χ0n) is 17.0. The lowest BCUT2D eigenvalue weighted by molar-refractivity contribution is -0.134. The van der Waals surface area contributed by atoms with Crippen LogP contribution in [0, 0.1) is 5.41 Å². The first-order valence-corrected chi connectivity index (χ1v) is 9.85. The van der Waals surface area contributed by atoms with Crippen LogP contribution in [-0.4, -0.2) is 62.1 Å². The molecule has 1 aromatic carbocycles. The van der Waals surface area contributed by atoms with Gasteiger partial charge in [-0.25, -0.2) is 0 Å². The Balaban J connectivity index is 1.72. The summed E-state index contributed by atoms with van der Waals surface area (Å²) in [5, 5.41) is 0. The Bertz CT molecular complexity index is 677. The molecule has 6 heteroatoms. The Labute approximate surface area is 162 Å². The van der Waals surface area contributed by atoms with E-state index in [2.05, 4.69) is 18.7 Å². The molecule has 150 valence electrons. The van der Waals surface area contributed by atoms with E-state index in [4.69, 9.17) is 15.2 Å². The molecule has 3 rings (SSSR count). The van der Waals surface area contributed by atoms with E-state index in [1.165, 1.54) is 0 Å². The average Bonchev–Trinajstić information content (AvgIpc) is 3.13. The van der Waals surface area contributed by atoms with Crippen LogP contribution in [0.2, 0.25) is 0 Å². The van der Waals surface area contributed by atoms with Crippen LogP contribution < -0.4 is 15.2 Å². The molecule has 0 bridgehead atoms. The van der Waals surface area contributed by atoms with Crippen LogP contribution in [0.3, 0.4) is 0 Å². The Morgan fingerprint density at radius 1 is 1.22 bits per heavy atom. The van der Waals surface area contributed by atoms with E-state index in [9.17, 15) is 4.79 Å². The molecule has 2 aliphatic heterocycles. The summed E-state index contributed by atoms with van der Waals surface area (Å²) in [6.07, 6.45) is 2.92. The summed E-state index contributed by atoms with van der Waals surface area (Å²) in [4.78, 5) is 17.4. The number of hydrogen-bond donors (Lipinski definition) is 1. The van der Waals surface area contributed by atoms with Gasteiger partial charge in [0.25, 0.3) is 0 Å². The topological polar surface area (TPSA) is 68.0 Å². The van der Waals surface area contributed by atoms with Gasteiger partial charge in [0.1, 0.15) is 11.5 Å². The van der Waals surface area contributed by atoms with Gasteiger partial charge < -0.3 is 20.1 Å². The number of ether oxygens (including phenoxy) is 2. The van der Waals surface area contributed by atoms with E-state index in [0.717, 1.165) is 56.0 Å². The van der Waals surface area contributed by atoms with E-state index in [1.807, 2.05) is 23.1 Å². The maximum Gasteiger partial charge on any atom is 0.237 e. The fraction of sp³-hybridized carbons (Fsp3) is 0.667. The van der Waals surface area contributed by atoms with Gasteiger partial charge in [-0.05, 0) is 36.8 Å². The first-order chi connectivity index (χ1) is 12.9. The monoisotopic (exact) mass is 375 g/mol. The van der Waals surface area contributed by atoms with Crippen molar-refractivity contribution in [2.45, 2.75) is 45.2 Å². The van der Waals surface area contributed by atoms with E-state index in [0.29, 0.717) is 6.54 Å². The fourth-order valence-corrected chi connectivity index (χ4v) is 4.38. The summed E-state index contributed by atoms with van der Waals surface area (Å²) in [6.45, 7) is 7.40.